The molecule has 1 amide bonds. The number of aliphatic hydroxyl groups is 1. The Balaban J connectivity index is 2.03. The maximum absolute atomic E-state index is 12.7. The number of nitrogens with one attached hydrogen (secondary N) is 1. The molecule has 1 aromatic heterocycles. The van der Waals surface area contributed by atoms with Crippen LogP contribution in [0.5, 0.6) is 0 Å². The number of methoxy groups -OCH3 is 1. The van der Waals surface area contributed by atoms with Gasteiger partial charge in [-0.1, -0.05) is 12.8 Å². The van der Waals surface area contributed by atoms with E-state index < -0.39 is 5.60 Å². The van der Waals surface area contributed by atoms with E-state index in [0.717, 1.165) is 43.4 Å². The number of aryl methyl sites for hydroxylation is 2. The van der Waals surface area contributed by atoms with Crippen LogP contribution in [0.4, 0.5) is 0 Å². The number of ether oxygens (including phenoxy) is 1. The summed E-state index contributed by atoms with van der Waals surface area (Å²) >= 11 is 0. The summed E-state index contributed by atoms with van der Waals surface area (Å²) < 4.78 is 10.7. The van der Waals surface area contributed by atoms with Crippen LogP contribution in [0.2, 0.25) is 0 Å². The van der Waals surface area contributed by atoms with Crippen LogP contribution in [0, 0.1) is 19.3 Å². The lowest BCUT2D eigenvalue weighted by Gasteiger charge is -2.30. The van der Waals surface area contributed by atoms with Gasteiger partial charge in [0.1, 0.15) is 17.1 Å². The highest BCUT2D eigenvalue weighted by atomic mass is 16.5. The molecule has 2 rings (SSSR count). The number of carbonyl (C=O) groups excluding carboxylic acids is 1. The van der Waals surface area contributed by atoms with Crippen LogP contribution in [0.15, 0.2) is 10.5 Å². The van der Waals surface area contributed by atoms with Crippen LogP contribution in [0.1, 0.15) is 56.1 Å². The van der Waals surface area contributed by atoms with E-state index in [1.807, 2.05) is 19.9 Å². The molecule has 0 aliphatic heterocycles. The van der Waals surface area contributed by atoms with Crippen molar-refractivity contribution in [2.75, 3.05) is 20.3 Å². The molecule has 1 aliphatic carbocycles. The summed E-state index contributed by atoms with van der Waals surface area (Å²) in [7, 11) is 1.66. The molecule has 5 nitrogen and oxygen atoms in total. The number of rotatable bonds is 7. The van der Waals surface area contributed by atoms with Gasteiger partial charge in [0.25, 0.3) is 0 Å². The minimum atomic E-state index is -1.14. The Morgan fingerprint density at radius 3 is 2.61 bits per heavy atom. The second-order valence-corrected chi connectivity index (χ2v) is 7.01. The Hall–Kier alpha value is -1.33. The van der Waals surface area contributed by atoms with Crippen LogP contribution in [-0.2, 0) is 15.1 Å². The highest BCUT2D eigenvalue weighted by Crippen LogP contribution is 2.41. The number of carbonyl (C=O) groups is 1. The van der Waals surface area contributed by atoms with Crippen molar-refractivity contribution in [3.05, 3.63) is 23.2 Å². The van der Waals surface area contributed by atoms with Gasteiger partial charge in [0, 0.05) is 19.3 Å². The molecule has 130 valence electrons. The molecule has 1 heterocycles. The van der Waals surface area contributed by atoms with E-state index in [0.29, 0.717) is 12.4 Å². The SMILES string of the molecule is COCCC1(C(=O)NCC(C)(O)c2cc(C)oc2C)CCCC1. The summed E-state index contributed by atoms with van der Waals surface area (Å²) in [6.07, 6.45) is 4.69. The molecular weight excluding hydrogens is 294 g/mol. The lowest BCUT2D eigenvalue weighted by atomic mass is 9.81. The smallest absolute Gasteiger partial charge is 0.226 e. The summed E-state index contributed by atoms with van der Waals surface area (Å²) in [5, 5.41) is 13.7. The molecule has 0 bridgehead atoms. The molecule has 1 aliphatic rings. The average molecular weight is 323 g/mol. The maximum atomic E-state index is 12.7. The summed E-state index contributed by atoms with van der Waals surface area (Å²) in [5.41, 5.74) is -0.751. The Labute approximate surface area is 138 Å². The third-order valence-electron chi connectivity index (χ3n) is 5.04. The maximum Gasteiger partial charge on any atom is 0.226 e. The van der Waals surface area contributed by atoms with E-state index in [9.17, 15) is 9.90 Å². The average Bonchev–Trinajstić information content (AvgIpc) is 3.10. The molecule has 1 fully saturated rings. The first-order valence-electron chi connectivity index (χ1n) is 8.38. The zero-order chi connectivity index (χ0) is 17.1. The molecule has 5 heteroatoms. The largest absolute Gasteiger partial charge is 0.466 e. The fraction of sp³-hybridized carbons (Fsp3) is 0.722. The van der Waals surface area contributed by atoms with Crippen molar-refractivity contribution in [2.24, 2.45) is 5.41 Å². The lowest BCUT2D eigenvalue weighted by Crippen LogP contribution is -2.45. The van der Waals surface area contributed by atoms with E-state index in [2.05, 4.69) is 5.32 Å². The van der Waals surface area contributed by atoms with Gasteiger partial charge in [-0.2, -0.15) is 0 Å². The number of hydrogen-bond donors (Lipinski definition) is 2. The predicted octanol–water partition coefficient (Wildman–Crippen LogP) is 2.82. The fourth-order valence-corrected chi connectivity index (χ4v) is 3.64. The minimum absolute atomic E-state index is 0.0326. The second-order valence-electron chi connectivity index (χ2n) is 7.01. The number of furan rings is 1. The molecular formula is C18H29NO4. The molecule has 0 aromatic carbocycles. The van der Waals surface area contributed by atoms with Crippen molar-refractivity contribution >= 4 is 5.91 Å². The van der Waals surface area contributed by atoms with Crippen LogP contribution < -0.4 is 5.32 Å². The third-order valence-corrected chi connectivity index (χ3v) is 5.04. The predicted molar refractivity (Wildman–Crippen MR) is 88.2 cm³/mol. The molecule has 0 radical (unpaired) electrons. The van der Waals surface area contributed by atoms with Gasteiger partial charge in [-0.15, -0.1) is 0 Å². The zero-order valence-electron chi connectivity index (χ0n) is 14.7. The minimum Gasteiger partial charge on any atom is -0.466 e. The lowest BCUT2D eigenvalue weighted by molar-refractivity contribution is -0.133. The molecule has 23 heavy (non-hydrogen) atoms. The second kappa shape index (κ2) is 7.05. The standard InChI is InChI=1S/C18H29NO4/c1-13-11-15(14(2)23-13)17(3,21)12-19-16(20)18(9-10-22-4)7-5-6-8-18/h11,21H,5-10,12H2,1-4H3,(H,19,20). The Morgan fingerprint density at radius 1 is 1.43 bits per heavy atom. The first-order chi connectivity index (χ1) is 10.8. The van der Waals surface area contributed by atoms with E-state index in [4.69, 9.17) is 9.15 Å². The van der Waals surface area contributed by atoms with Crippen molar-refractivity contribution < 1.29 is 19.1 Å². The van der Waals surface area contributed by atoms with Gasteiger partial charge >= 0.3 is 0 Å². The Morgan fingerprint density at radius 2 is 2.09 bits per heavy atom. The van der Waals surface area contributed by atoms with Crippen molar-refractivity contribution in [3.63, 3.8) is 0 Å². The van der Waals surface area contributed by atoms with Crippen molar-refractivity contribution in [2.45, 2.75) is 58.5 Å². The van der Waals surface area contributed by atoms with Gasteiger partial charge in [-0.3, -0.25) is 4.79 Å². The third kappa shape index (κ3) is 3.96. The van der Waals surface area contributed by atoms with Crippen LogP contribution in [0.3, 0.4) is 0 Å². The van der Waals surface area contributed by atoms with Gasteiger partial charge in [-0.25, -0.2) is 0 Å². The van der Waals surface area contributed by atoms with E-state index >= 15 is 0 Å². The van der Waals surface area contributed by atoms with Crippen LogP contribution in [0.25, 0.3) is 0 Å². The van der Waals surface area contributed by atoms with Gasteiger partial charge in [0.2, 0.25) is 5.91 Å². The summed E-state index contributed by atoms with van der Waals surface area (Å²) in [6.45, 7) is 6.16. The number of amides is 1. The molecule has 2 N–H and O–H groups in total. The summed E-state index contributed by atoms with van der Waals surface area (Å²) in [6, 6.07) is 1.83. The zero-order valence-corrected chi connectivity index (χ0v) is 14.7. The monoisotopic (exact) mass is 323 g/mol. The van der Waals surface area contributed by atoms with Crippen LogP contribution >= 0.6 is 0 Å². The van der Waals surface area contributed by atoms with Gasteiger partial charge in [-0.05, 0) is 46.1 Å². The summed E-state index contributed by atoms with van der Waals surface area (Å²) in [5.74, 6) is 1.48. The van der Waals surface area contributed by atoms with Gasteiger partial charge < -0.3 is 19.6 Å². The first kappa shape index (κ1) is 18.0. The highest BCUT2D eigenvalue weighted by Gasteiger charge is 2.41. The number of hydrogen-bond acceptors (Lipinski definition) is 4. The molecule has 1 unspecified atom stereocenters. The van der Waals surface area contributed by atoms with Gasteiger partial charge in [0.15, 0.2) is 0 Å². The Bertz CT molecular complexity index is 541. The normalized spacial score (nSPS) is 19.5. The van der Waals surface area contributed by atoms with Crippen LogP contribution in [-0.4, -0.2) is 31.3 Å². The van der Waals surface area contributed by atoms with Crippen molar-refractivity contribution in [3.8, 4) is 0 Å². The molecule has 0 spiro atoms. The topological polar surface area (TPSA) is 71.7 Å². The highest BCUT2D eigenvalue weighted by molar-refractivity contribution is 5.83. The van der Waals surface area contributed by atoms with Crippen molar-refractivity contribution in [1.82, 2.24) is 5.32 Å². The van der Waals surface area contributed by atoms with E-state index in [1.165, 1.54) is 0 Å². The van der Waals surface area contributed by atoms with Gasteiger partial charge in [0.05, 0.1) is 12.0 Å². The molecule has 1 atom stereocenters. The summed E-state index contributed by atoms with van der Waals surface area (Å²) in [4.78, 5) is 12.7. The first-order valence-corrected chi connectivity index (χ1v) is 8.38. The molecule has 1 aromatic rings. The quantitative estimate of drug-likeness (QED) is 0.809. The fourth-order valence-electron chi connectivity index (χ4n) is 3.64. The molecule has 1 saturated carbocycles. The van der Waals surface area contributed by atoms with E-state index in [1.54, 1.807) is 14.0 Å². The van der Waals surface area contributed by atoms with E-state index in [-0.39, 0.29) is 17.9 Å². The Kier molecular flexibility index (Phi) is 5.53. The van der Waals surface area contributed by atoms with Crippen molar-refractivity contribution in [1.29, 1.82) is 0 Å². The molecule has 0 saturated heterocycles.